The minimum atomic E-state index is -1.78. The topological polar surface area (TPSA) is 0 Å². The minimum Gasteiger partial charge on any atom is -0.200 e. The second-order valence-electron chi connectivity index (χ2n) is 14.4. The average molecular weight is 695 g/mol. The Balaban J connectivity index is 0.000000179. The molecule has 7 aromatic rings. The largest absolute Gasteiger partial charge is 0.200 e. The molecule has 2 heteroatoms. The van der Waals surface area contributed by atoms with Crippen LogP contribution in [0.2, 0.25) is 6.32 Å². The molecule has 7 rings (SSSR count). The fraction of sp³-hybridized carbons (Fsp3) is 0.160. The fourth-order valence-electron chi connectivity index (χ4n) is 7.90. The molecular formula is C50H52BP. The highest BCUT2D eigenvalue weighted by Gasteiger charge is 2.45. The van der Waals surface area contributed by atoms with Gasteiger partial charge in [-0.25, -0.2) is 0 Å². The summed E-state index contributed by atoms with van der Waals surface area (Å²) in [6.45, 7) is 8.80. The first kappa shape index (κ1) is 36.8. The van der Waals surface area contributed by atoms with Crippen molar-refractivity contribution in [1.82, 2.24) is 0 Å². The predicted molar refractivity (Wildman–Crippen MR) is 233 cm³/mol. The van der Waals surface area contributed by atoms with E-state index < -0.39 is 13.4 Å². The van der Waals surface area contributed by atoms with Crippen molar-refractivity contribution in [2.45, 2.75) is 53.0 Å². The van der Waals surface area contributed by atoms with Crippen LogP contribution in [-0.2, 0) is 6.16 Å². The molecular weight excluding hydrogens is 642 g/mol. The molecule has 0 saturated carbocycles. The molecule has 7 aromatic carbocycles. The zero-order valence-corrected chi connectivity index (χ0v) is 32.2. The highest BCUT2D eigenvalue weighted by molar-refractivity contribution is 7.95. The van der Waals surface area contributed by atoms with E-state index in [9.17, 15) is 0 Å². The number of aryl methyl sites for hydroxylation is 3. The summed E-state index contributed by atoms with van der Waals surface area (Å²) in [6, 6.07) is 71.7. The molecule has 0 aromatic heterocycles. The van der Waals surface area contributed by atoms with Gasteiger partial charge in [-0.05, 0) is 62.7 Å². The molecule has 0 aliphatic rings. The van der Waals surface area contributed by atoms with Crippen LogP contribution in [0.15, 0.2) is 194 Å². The van der Waals surface area contributed by atoms with Crippen molar-refractivity contribution in [2.24, 2.45) is 0 Å². The lowest BCUT2D eigenvalue weighted by atomic mass is 9.14. The molecule has 0 spiro atoms. The van der Waals surface area contributed by atoms with Crippen molar-refractivity contribution in [1.29, 1.82) is 0 Å². The lowest BCUT2D eigenvalue weighted by molar-refractivity contribution is 0.874. The van der Waals surface area contributed by atoms with E-state index in [1.807, 2.05) is 0 Å². The smallest absolute Gasteiger partial charge is 0.116 e. The molecule has 0 nitrogen and oxygen atoms in total. The number of hydrogen-bond donors (Lipinski definition) is 0. The summed E-state index contributed by atoms with van der Waals surface area (Å²) in [5.41, 5.74) is 9.72. The molecule has 0 amide bonds. The Labute approximate surface area is 313 Å². The van der Waals surface area contributed by atoms with E-state index in [1.54, 1.807) is 0 Å². The highest BCUT2D eigenvalue weighted by atomic mass is 31.2. The van der Waals surface area contributed by atoms with Gasteiger partial charge in [-0.3, -0.25) is 0 Å². The van der Waals surface area contributed by atoms with Crippen LogP contribution in [0.4, 0.5) is 0 Å². The van der Waals surface area contributed by atoms with Crippen molar-refractivity contribution >= 4 is 45.7 Å². The molecule has 0 aliphatic heterocycles. The van der Waals surface area contributed by atoms with Crippen LogP contribution in [0.25, 0.3) is 0 Å². The Morgan fingerprint density at radius 3 is 1.00 bits per heavy atom. The third-order valence-corrected chi connectivity index (χ3v) is 15.2. The van der Waals surface area contributed by atoms with Gasteiger partial charge in [0.15, 0.2) is 0 Å². The molecule has 0 atom stereocenters. The van der Waals surface area contributed by atoms with Crippen LogP contribution in [0, 0.1) is 20.8 Å². The summed E-state index contributed by atoms with van der Waals surface area (Å²) in [7, 11) is -1.78. The van der Waals surface area contributed by atoms with Crippen LogP contribution in [0.1, 0.15) is 42.0 Å². The van der Waals surface area contributed by atoms with Gasteiger partial charge in [-0.1, -0.05) is 194 Å². The number of unbranched alkanes of at least 4 members (excludes halogenated alkanes) is 1. The van der Waals surface area contributed by atoms with E-state index in [-0.39, 0.29) is 0 Å². The van der Waals surface area contributed by atoms with E-state index in [0.717, 1.165) is 6.16 Å². The maximum absolute atomic E-state index is 2.35. The van der Waals surface area contributed by atoms with E-state index >= 15 is 0 Å². The molecule has 0 N–H and O–H groups in total. The van der Waals surface area contributed by atoms with Crippen molar-refractivity contribution in [3.05, 3.63) is 216 Å². The minimum absolute atomic E-state index is 0.957. The highest BCUT2D eigenvalue weighted by Crippen LogP contribution is 2.58. The molecule has 52 heavy (non-hydrogen) atoms. The van der Waals surface area contributed by atoms with E-state index in [2.05, 4.69) is 222 Å². The monoisotopic (exact) mass is 694 g/mol. The van der Waals surface area contributed by atoms with Gasteiger partial charge in [0.1, 0.15) is 23.2 Å². The van der Waals surface area contributed by atoms with Gasteiger partial charge in [0, 0.05) is 0 Å². The van der Waals surface area contributed by atoms with Crippen molar-refractivity contribution < 1.29 is 0 Å². The van der Waals surface area contributed by atoms with E-state index in [1.165, 1.54) is 73.7 Å². The molecule has 0 heterocycles. The van der Waals surface area contributed by atoms with Gasteiger partial charge in [-0.2, -0.15) is 22.7 Å². The van der Waals surface area contributed by atoms with Crippen molar-refractivity contribution in [3.63, 3.8) is 0 Å². The molecule has 0 radical (unpaired) electrons. The lowest BCUT2D eigenvalue weighted by Gasteiger charge is -2.43. The Morgan fingerprint density at radius 2 is 0.692 bits per heavy atom. The summed E-state index contributed by atoms with van der Waals surface area (Å²) in [4.78, 5) is 0. The first-order valence-corrected chi connectivity index (χ1v) is 20.9. The predicted octanol–water partition coefficient (Wildman–Crippen LogP) is 10.1. The second-order valence-corrected chi connectivity index (χ2v) is 17.9. The van der Waals surface area contributed by atoms with Crippen molar-refractivity contribution in [2.75, 3.05) is 0 Å². The molecule has 0 fully saturated rings. The second kappa shape index (κ2) is 17.5. The summed E-state index contributed by atoms with van der Waals surface area (Å²) < 4.78 is 0. The normalized spacial score (nSPS) is 11.4. The third kappa shape index (κ3) is 8.23. The summed E-state index contributed by atoms with van der Waals surface area (Å²) in [5.74, 6) is 0. The van der Waals surface area contributed by atoms with Crippen LogP contribution in [-0.4, -0.2) is 6.15 Å². The maximum atomic E-state index is 2.35. The summed E-state index contributed by atoms with van der Waals surface area (Å²) in [6.07, 6.45) is 3.71. The Hall–Kier alpha value is -4.97. The molecule has 0 saturated heterocycles. The van der Waals surface area contributed by atoms with Gasteiger partial charge in [-0.15, -0.1) is 0 Å². The first-order chi connectivity index (χ1) is 25.5. The summed E-state index contributed by atoms with van der Waals surface area (Å²) >= 11 is 0. The fourth-order valence-corrected chi connectivity index (χ4v) is 12.1. The first-order valence-electron chi connectivity index (χ1n) is 18.9. The van der Waals surface area contributed by atoms with Gasteiger partial charge >= 0.3 is 0 Å². The zero-order valence-electron chi connectivity index (χ0n) is 31.3. The van der Waals surface area contributed by atoms with Crippen LogP contribution >= 0.6 is 7.26 Å². The average Bonchev–Trinajstić information content (AvgIpc) is 3.20. The quantitative estimate of drug-likeness (QED) is 0.0935. The van der Waals surface area contributed by atoms with E-state index in [4.69, 9.17) is 0 Å². The molecule has 0 unspecified atom stereocenters. The maximum Gasteiger partial charge on any atom is 0.116 e. The Bertz CT molecular complexity index is 1870. The Morgan fingerprint density at radius 1 is 0.385 bits per heavy atom. The van der Waals surface area contributed by atoms with Crippen LogP contribution in [0.3, 0.4) is 0 Å². The number of hydrogen-bond acceptors (Lipinski definition) is 0. The third-order valence-electron chi connectivity index (χ3n) is 10.8. The van der Waals surface area contributed by atoms with Gasteiger partial charge in [0.2, 0.25) is 0 Å². The van der Waals surface area contributed by atoms with Gasteiger partial charge in [0.25, 0.3) is 0 Å². The summed E-state index contributed by atoms with van der Waals surface area (Å²) in [5, 5.41) is 4.30. The molecule has 0 aliphatic carbocycles. The molecule has 0 bridgehead atoms. The SMILES string of the molecule is CCCC[B-](c1ccc(C)cc1)(c1ccc(C)cc1)c1ccc(C)cc1.c1ccc(C[P+](c2ccccc2)(c2ccccc2)c2ccccc2)cc1. The standard InChI is InChI=1S/C25H30B.C25H22P/c1-5-6-19-26(23-13-7-20(2)8-14-23,24-15-9-21(3)10-16-24)25-17-11-22(4)12-18-25;1-5-13-22(14-6-1)21-26(23-15-7-2-8-16-23,24-17-9-3-10-18-24)25-19-11-4-12-20-25/h7-18H,5-6,19H2,1-4H3;1-20H,21H2/q-1;+1. The van der Waals surface area contributed by atoms with Gasteiger partial charge < -0.3 is 0 Å². The molecule has 260 valence electrons. The van der Waals surface area contributed by atoms with Crippen LogP contribution in [0.5, 0.6) is 0 Å². The zero-order chi connectivity index (χ0) is 36.2. The number of benzene rings is 7. The van der Waals surface area contributed by atoms with Gasteiger partial charge in [0.05, 0.1) is 12.3 Å². The van der Waals surface area contributed by atoms with E-state index in [0.29, 0.717) is 0 Å². The number of rotatable bonds is 11. The Kier molecular flexibility index (Phi) is 12.4. The van der Waals surface area contributed by atoms with Crippen molar-refractivity contribution in [3.8, 4) is 0 Å². The lowest BCUT2D eigenvalue weighted by Crippen LogP contribution is -2.67. The van der Waals surface area contributed by atoms with Crippen LogP contribution < -0.4 is 32.3 Å².